The second-order valence-electron chi connectivity index (χ2n) is 5.89. The molecular weight excluding hydrogens is 256 g/mol. The van der Waals surface area contributed by atoms with Crippen LogP contribution < -0.4 is 0 Å². The summed E-state index contributed by atoms with van der Waals surface area (Å²) in [6, 6.07) is 0. The SMILES string of the molecule is C=C1CC[C@H]([C@H](C)C(=O)O)[C@@H]2C=C(C(=O)OC)CC[C@@H]12. The maximum atomic E-state index is 11.7. The van der Waals surface area contributed by atoms with Gasteiger partial charge in [0, 0.05) is 5.57 Å². The van der Waals surface area contributed by atoms with Gasteiger partial charge in [-0.15, -0.1) is 0 Å². The van der Waals surface area contributed by atoms with Crippen molar-refractivity contribution in [1.29, 1.82) is 0 Å². The molecule has 1 saturated carbocycles. The summed E-state index contributed by atoms with van der Waals surface area (Å²) >= 11 is 0. The second-order valence-corrected chi connectivity index (χ2v) is 5.89. The van der Waals surface area contributed by atoms with E-state index in [1.807, 2.05) is 6.08 Å². The molecule has 4 atom stereocenters. The van der Waals surface area contributed by atoms with Crippen LogP contribution in [0.3, 0.4) is 0 Å². The lowest BCUT2D eigenvalue weighted by molar-refractivity contribution is -0.144. The molecule has 0 aromatic carbocycles. The van der Waals surface area contributed by atoms with Gasteiger partial charge in [-0.2, -0.15) is 0 Å². The van der Waals surface area contributed by atoms with Crippen molar-refractivity contribution in [1.82, 2.24) is 0 Å². The van der Waals surface area contributed by atoms with Gasteiger partial charge in [-0.1, -0.05) is 25.2 Å². The Morgan fingerprint density at radius 2 is 2.10 bits per heavy atom. The Kier molecular flexibility index (Phi) is 4.31. The molecular formula is C16H22O4. The summed E-state index contributed by atoms with van der Waals surface area (Å²) in [4.78, 5) is 23.0. The van der Waals surface area contributed by atoms with Crippen molar-refractivity contribution < 1.29 is 19.4 Å². The number of hydrogen-bond acceptors (Lipinski definition) is 3. The molecule has 0 heterocycles. The van der Waals surface area contributed by atoms with E-state index in [1.165, 1.54) is 12.7 Å². The standard InChI is InChI=1S/C16H22O4/c1-9-4-6-13(10(2)15(17)18)14-8-11(16(19)20-3)5-7-12(9)14/h8,10,12-14H,1,4-7H2,2-3H3,(H,17,18)/t10-,12-,13+,14+/m0/s1. The van der Waals surface area contributed by atoms with Gasteiger partial charge < -0.3 is 9.84 Å². The Balaban J connectivity index is 2.30. The lowest BCUT2D eigenvalue weighted by atomic mass is 9.62. The van der Waals surface area contributed by atoms with Crippen LogP contribution in [0.1, 0.15) is 32.6 Å². The van der Waals surface area contributed by atoms with E-state index in [0.717, 1.165) is 19.3 Å². The molecule has 0 radical (unpaired) electrons. The quantitative estimate of drug-likeness (QED) is 0.637. The molecule has 2 aliphatic carbocycles. The third-order valence-corrected chi connectivity index (χ3v) is 4.88. The smallest absolute Gasteiger partial charge is 0.333 e. The maximum Gasteiger partial charge on any atom is 0.333 e. The molecule has 0 saturated heterocycles. The van der Waals surface area contributed by atoms with E-state index in [2.05, 4.69) is 6.58 Å². The molecule has 4 nitrogen and oxygen atoms in total. The molecule has 1 N–H and O–H groups in total. The molecule has 2 aliphatic rings. The van der Waals surface area contributed by atoms with Crippen LogP contribution in [-0.2, 0) is 14.3 Å². The van der Waals surface area contributed by atoms with Crippen LogP contribution in [0.25, 0.3) is 0 Å². The van der Waals surface area contributed by atoms with E-state index in [9.17, 15) is 14.7 Å². The number of hydrogen-bond donors (Lipinski definition) is 1. The molecule has 0 unspecified atom stereocenters. The maximum absolute atomic E-state index is 11.7. The predicted molar refractivity (Wildman–Crippen MR) is 75.0 cm³/mol. The zero-order valence-electron chi connectivity index (χ0n) is 12.1. The molecule has 110 valence electrons. The molecule has 0 amide bonds. The highest BCUT2D eigenvalue weighted by Crippen LogP contribution is 2.47. The lowest BCUT2D eigenvalue weighted by Gasteiger charge is -2.42. The fourth-order valence-electron chi connectivity index (χ4n) is 3.63. The molecule has 0 aromatic rings. The van der Waals surface area contributed by atoms with Crippen molar-refractivity contribution in [2.24, 2.45) is 23.7 Å². The number of rotatable bonds is 3. The van der Waals surface area contributed by atoms with Gasteiger partial charge in [0.25, 0.3) is 0 Å². The van der Waals surface area contributed by atoms with Gasteiger partial charge in [0.2, 0.25) is 0 Å². The topological polar surface area (TPSA) is 63.6 Å². The van der Waals surface area contributed by atoms with Crippen LogP contribution in [0, 0.1) is 23.7 Å². The number of allylic oxidation sites excluding steroid dienone is 2. The Labute approximate surface area is 119 Å². The normalized spacial score (nSPS) is 31.0. The minimum atomic E-state index is -0.764. The zero-order chi connectivity index (χ0) is 14.9. The van der Waals surface area contributed by atoms with E-state index in [4.69, 9.17) is 4.74 Å². The average molecular weight is 278 g/mol. The summed E-state index contributed by atoms with van der Waals surface area (Å²) < 4.78 is 4.79. The number of carbonyl (C=O) groups excluding carboxylic acids is 1. The first-order valence-electron chi connectivity index (χ1n) is 7.15. The van der Waals surface area contributed by atoms with Gasteiger partial charge in [-0.3, -0.25) is 4.79 Å². The molecule has 0 spiro atoms. The highest BCUT2D eigenvalue weighted by Gasteiger charge is 2.41. The molecule has 1 fully saturated rings. The molecule has 4 heteroatoms. The largest absolute Gasteiger partial charge is 0.481 e. The number of esters is 1. The van der Waals surface area contributed by atoms with E-state index in [0.29, 0.717) is 17.9 Å². The van der Waals surface area contributed by atoms with Crippen LogP contribution in [-0.4, -0.2) is 24.2 Å². The van der Waals surface area contributed by atoms with Gasteiger partial charge >= 0.3 is 11.9 Å². The number of carboxylic acids is 1. The van der Waals surface area contributed by atoms with Crippen molar-refractivity contribution in [2.75, 3.05) is 7.11 Å². The highest BCUT2D eigenvalue weighted by atomic mass is 16.5. The summed E-state index contributed by atoms with van der Waals surface area (Å²) in [5.41, 5.74) is 1.88. The number of methoxy groups -OCH3 is 1. The van der Waals surface area contributed by atoms with Crippen molar-refractivity contribution in [3.63, 3.8) is 0 Å². The lowest BCUT2D eigenvalue weighted by Crippen LogP contribution is -2.37. The van der Waals surface area contributed by atoms with Crippen LogP contribution in [0.4, 0.5) is 0 Å². The van der Waals surface area contributed by atoms with Crippen molar-refractivity contribution in [3.05, 3.63) is 23.8 Å². The summed E-state index contributed by atoms with van der Waals surface area (Å²) in [6.45, 7) is 5.90. The second kappa shape index (κ2) is 5.81. The van der Waals surface area contributed by atoms with Gasteiger partial charge in [-0.25, -0.2) is 4.79 Å². The summed E-state index contributed by atoms with van der Waals surface area (Å²) in [7, 11) is 1.38. The van der Waals surface area contributed by atoms with E-state index in [-0.39, 0.29) is 17.8 Å². The van der Waals surface area contributed by atoms with Crippen molar-refractivity contribution in [2.45, 2.75) is 32.6 Å². The molecule has 20 heavy (non-hydrogen) atoms. The minimum absolute atomic E-state index is 0.0722. The minimum Gasteiger partial charge on any atom is -0.481 e. The number of fused-ring (bicyclic) bond motifs is 1. The van der Waals surface area contributed by atoms with E-state index in [1.54, 1.807) is 6.92 Å². The number of aliphatic carboxylic acids is 1. The van der Waals surface area contributed by atoms with Crippen LogP contribution in [0.5, 0.6) is 0 Å². The molecule has 2 rings (SSSR count). The first-order chi connectivity index (χ1) is 9.45. The number of carbonyl (C=O) groups is 2. The van der Waals surface area contributed by atoms with Crippen LogP contribution in [0.15, 0.2) is 23.8 Å². The first-order valence-corrected chi connectivity index (χ1v) is 7.15. The summed E-state index contributed by atoms with van der Waals surface area (Å²) in [6.07, 6.45) is 5.24. The molecule has 0 bridgehead atoms. The number of ether oxygens (including phenoxy) is 1. The van der Waals surface area contributed by atoms with Crippen LogP contribution >= 0.6 is 0 Å². The zero-order valence-corrected chi connectivity index (χ0v) is 12.1. The monoisotopic (exact) mass is 278 g/mol. The molecule has 0 aliphatic heterocycles. The van der Waals surface area contributed by atoms with E-state index >= 15 is 0 Å². The van der Waals surface area contributed by atoms with Crippen molar-refractivity contribution >= 4 is 11.9 Å². The van der Waals surface area contributed by atoms with Crippen molar-refractivity contribution in [3.8, 4) is 0 Å². The molecule has 0 aromatic heterocycles. The van der Waals surface area contributed by atoms with Gasteiger partial charge in [0.1, 0.15) is 0 Å². The van der Waals surface area contributed by atoms with Gasteiger partial charge in [-0.05, 0) is 43.4 Å². The Hall–Kier alpha value is -1.58. The average Bonchev–Trinajstić information content (AvgIpc) is 2.45. The third-order valence-electron chi connectivity index (χ3n) is 4.88. The predicted octanol–water partition coefficient (Wildman–Crippen LogP) is 2.80. The fourth-order valence-corrected chi connectivity index (χ4v) is 3.63. The Bertz CT molecular complexity index is 463. The van der Waals surface area contributed by atoms with Gasteiger partial charge in [0.15, 0.2) is 0 Å². The summed E-state index contributed by atoms with van der Waals surface area (Å²) in [5, 5.41) is 9.28. The summed E-state index contributed by atoms with van der Waals surface area (Å²) in [5.74, 6) is -0.970. The Morgan fingerprint density at radius 1 is 1.40 bits per heavy atom. The van der Waals surface area contributed by atoms with Gasteiger partial charge in [0.05, 0.1) is 13.0 Å². The van der Waals surface area contributed by atoms with Crippen LogP contribution in [0.2, 0.25) is 0 Å². The third kappa shape index (κ3) is 2.65. The van der Waals surface area contributed by atoms with E-state index < -0.39 is 11.9 Å². The number of carboxylic acid groups (broad SMARTS) is 1. The highest BCUT2D eigenvalue weighted by molar-refractivity contribution is 5.88. The fraction of sp³-hybridized carbons (Fsp3) is 0.625. The first kappa shape index (κ1) is 14.8. The Morgan fingerprint density at radius 3 is 2.70 bits per heavy atom.